The van der Waals surface area contributed by atoms with Crippen LogP contribution in [0.5, 0.6) is 5.75 Å². The van der Waals surface area contributed by atoms with Crippen LogP contribution in [-0.4, -0.2) is 14.7 Å². The second-order valence-corrected chi connectivity index (χ2v) is 5.03. The highest BCUT2D eigenvalue weighted by Crippen LogP contribution is 2.31. The third-order valence-corrected chi connectivity index (χ3v) is 3.65. The summed E-state index contributed by atoms with van der Waals surface area (Å²) in [7, 11) is 0. The van der Waals surface area contributed by atoms with Crippen LogP contribution in [0.1, 0.15) is 18.9 Å². The van der Waals surface area contributed by atoms with E-state index in [0.29, 0.717) is 5.75 Å². The molecule has 1 aromatic heterocycles. The van der Waals surface area contributed by atoms with Gasteiger partial charge in [-0.25, -0.2) is 4.98 Å². The second kappa shape index (κ2) is 5.00. The van der Waals surface area contributed by atoms with Crippen molar-refractivity contribution in [3.63, 3.8) is 0 Å². The van der Waals surface area contributed by atoms with E-state index >= 15 is 0 Å². The lowest BCUT2D eigenvalue weighted by molar-refractivity contribution is 0.471. The highest BCUT2D eigenvalue weighted by Gasteiger charge is 2.14. The Morgan fingerprint density at radius 1 is 1.10 bits per heavy atom. The van der Waals surface area contributed by atoms with E-state index in [2.05, 4.69) is 17.6 Å². The molecule has 0 saturated heterocycles. The topological polar surface area (TPSA) is 38.0 Å². The van der Waals surface area contributed by atoms with Gasteiger partial charge in [0.15, 0.2) is 0 Å². The van der Waals surface area contributed by atoms with Crippen molar-refractivity contribution in [1.82, 2.24) is 9.55 Å². The Balaban J connectivity index is 2.29. The van der Waals surface area contributed by atoms with E-state index < -0.39 is 0 Å². The molecule has 0 radical (unpaired) electrons. The summed E-state index contributed by atoms with van der Waals surface area (Å²) in [5, 5.41) is 9.92. The van der Waals surface area contributed by atoms with Crippen LogP contribution in [0.25, 0.3) is 22.4 Å². The molecule has 0 saturated carbocycles. The molecule has 3 rings (SSSR count). The molecule has 0 aliphatic rings. The van der Waals surface area contributed by atoms with Gasteiger partial charge in [0.2, 0.25) is 0 Å². The number of aryl methyl sites for hydroxylation is 1. The third-order valence-electron chi connectivity index (χ3n) is 3.65. The number of benzene rings is 2. The van der Waals surface area contributed by atoms with Crippen molar-refractivity contribution in [2.75, 3.05) is 0 Å². The first-order valence-electron chi connectivity index (χ1n) is 6.96. The molecule has 20 heavy (non-hydrogen) atoms. The quantitative estimate of drug-likeness (QED) is 0.774. The summed E-state index contributed by atoms with van der Waals surface area (Å²) in [5.41, 5.74) is 4.01. The maximum Gasteiger partial charge on any atom is 0.141 e. The number of rotatable bonds is 3. The fraction of sp³-hybridized carbons (Fsp3) is 0.235. The summed E-state index contributed by atoms with van der Waals surface area (Å²) in [6.45, 7) is 5.01. The monoisotopic (exact) mass is 266 g/mol. The Labute approximate surface area is 118 Å². The van der Waals surface area contributed by atoms with Crippen LogP contribution in [0.2, 0.25) is 0 Å². The molecule has 0 bridgehead atoms. The summed E-state index contributed by atoms with van der Waals surface area (Å²) >= 11 is 0. The summed E-state index contributed by atoms with van der Waals surface area (Å²) in [4.78, 5) is 4.76. The minimum absolute atomic E-state index is 0.317. The van der Waals surface area contributed by atoms with Crippen molar-refractivity contribution in [1.29, 1.82) is 0 Å². The highest BCUT2D eigenvalue weighted by molar-refractivity contribution is 5.81. The molecule has 3 heteroatoms. The Hall–Kier alpha value is -2.29. The smallest absolute Gasteiger partial charge is 0.141 e. The Morgan fingerprint density at radius 3 is 2.70 bits per heavy atom. The predicted molar refractivity (Wildman–Crippen MR) is 81.9 cm³/mol. The molecule has 2 aromatic carbocycles. The fourth-order valence-corrected chi connectivity index (χ4v) is 2.60. The van der Waals surface area contributed by atoms with E-state index in [1.165, 1.54) is 0 Å². The zero-order valence-electron chi connectivity index (χ0n) is 11.8. The van der Waals surface area contributed by atoms with Crippen molar-refractivity contribution in [2.24, 2.45) is 0 Å². The van der Waals surface area contributed by atoms with Gasteiger partial charge < -0.3 is 9.67 Å². The molecule has 3 nitrogen and oxygen atoms in total. The number of phenolic OH excluding ortho intramolecular Hbond substituents is 1. The number of aromatic hydroxyl groups is 1. The van der Waals surface area contributed by atoms with E-state index in [4.69, 9.17) is 4.98 Å². The Bertz CT molecular complexity index is 759. The van der Waals surface area contributed by atoms with Gasteiger partial charge in [-0.05, 0) is 31.5 Å². The number of hydrogen-bond acceptors (Lipinski definition) is 2. The standard InChI is InChI=1S/C17H18N2O/c1-3-11-19-15-9-5-4-8-14(15)18-17(19)13-7-6-10-16(20)12(13)2/h4-10,20H,3,11H2,1-2H3. The van der Waals surface area contributed by atoms with Crippen molar-refractivity contribution < 1.29 is 5.11 Å². The van der Waals surface area contributed by atoms with Crippen molar-refractivity contribution >= 4 is 11.0 Å². The van der Waals surface area contributed by atoms with Gasteiger partial charge in [0.25, 0.3) is 0 Å². The third kappa shape index (κ3) is 1.95. The van der Waals surface area contributed by atoms with Crippen molar-refractivity contribution in [3.8, 4) is 17.1 Å². The summed E-state index contributed by atoms with van der Waals surface area (Å²) in [5.74, 6) is 1.25. The molecular weight excluding hydrogens is 248 g/mol. The molecule has 1 N–H and O–H groups in total. The largest absolute Gasteiger partial charge is 0.508 e. The van der Waals surface area contributed by atoms with Gasteiger partial charge in [0.05, 0.1) is 11.0 Å². The number of hydrogen-bond donors (Lipinski definition) is 1. The lowest BCUT2D eigenvalue weighted by atomic mass is 10.1. The zero-order valence-corrected chi connectivity index (χ0v) is 11.8. The minimum atomic E-state index is 0.317. The van der Waals surface area contributed by atoms with Gasteiger partial charge in [0.1, 0.15) is 11.6 Å². The Morgan fingerprint density at radius 2 is 1.90 bits per heavy atom. The first-order chi connectivity index (χ1) is 9.72. The van der Waals surface area contributed by atoms with Gasteiger partial charge in [-0.3, -0.25) is 0 Å². The van der Waals surface area contributed by atoms with E-state index in [9.17, 15) is 5.11 Å². The lowest BCUT2D eigenvalue weighted by Crippen LogP contribution is -2.00. The van der Waals surface area contributed by atoms with Crippen LogP contribution in [0, 0.1) is 6.92 Å². The van der Waals surface area contributed by atoms with E-state index in [1.54, 1.807) is 6.07 Å². The first kappa shape index (κ1) is 12.7. The molecule has 0 atom stereocenters. The molecule has 3 aromatic rings. The Kier molecular flexibility index (Phi) is 3.18. The molecule has 0 aliphatic heterocycles. The molecule has 1 heterocycles. The second-order valence-electron chi connectivity index (χ2n) is 5.03. The number of imidazole rings is 1. The number of phenols is 1. The average Bonchev–Trinajstić information content (AvgIpc) is 2.81. The van der Waals surface area contributed by atoms with Gasteiger partial charge in [-0.15, -0.1) is 0 Å². The number of nitrogens with zero attached hydrogens (tertiary/aromatic N) is 2. The van der Waals surface area contributed by atoms with Crippen molar-refractivity contribution in [2.45, 2.75) is 26.8 Å². The molecular formula is C17H18N2O. The van der Waals surface area contributed by atoms with Gasteiger partial charge >= 0.3 is 0 Å². The summed E-state index contributed by atoms with van der Waals surface area (Å²) in [6.07, 6.45) is 1.05. The SMILES string of the molecule is CCCn1c(-c2cccc(O)c2C)nc2ccccc21. The summed E-state index contributed by atoms with van der Waals surface area (Å²) in [6, 6.07) is 13.8. The maximum atomic E-state index is 9.92. The molecule has 0 amide bonds. The molecule has 0 aliphatic carbocycles. The molecule has 0 spiro atoms. The average molecular weight is 266 g/mol. The molecule has 0 fully saturated rings. The van der Waals surface area contributed by atoms with Crippen LogP contribution < -0.4 is 0 Å². The first-order valence-corrected chi connectivity index (χ1v) is 6.96. The number of aromatic nitrogens is 2. The lowest BCUT2D eigenvalue weighted by Gasteiger charge is -2.10. The number of para-hydroxylation sites is 2. The van der Waals surface area contributed by atoms with Gasteiger partial charge in [-0.2, -0.15) is 0 Å². The predicted octanol–water partition coefficient (Wildman–Crippen LogP) is 4.13. The van der Waals surface area contributed by atoms with E-state index in [-0.39, 0.29) is 0 Å². The maximum absolute atomic E-state index is 9.92. The van der Waals surface area contributed by atoms with Crippen LogP contribution in [0.15, 0.2) is 42.5 Å². The fourth-order valence-electron chi connectivity index (χ4n) is 2.60. The van der Waals surface area contributed by atoms with Crippen LogP contribution in [0.4, 0.5) is 0 Å². The van der Waals surface area contributed by atoms with E-state index in [0.717, 1.165) is 41.0 Å². The summed E-state index contributed by atoms with van der Waals surface area (Å²) < 4.78 is 2.23. The normalized spacial score (nSPS) is 11.1. The molecule has 102 valence electrons. The molecule has 0 unspecified atom stereocenters. The number of fused-ring (bicyclic) bond motifs is 1. The van der Waals surface area contributed by atoms with Crippen LogP contribution in [0.3, 0.4) is 0 Å². The van der Waals surface area contributed by atoms with Gasteiger partial charge in [0, 0.05) is 17.7 Å². The highest BCUT2D eigenvalue weighted by atomic mass is 16.3. The van der Waals surface area contributed by atoms with Crippen molar-refractivity contribution in [3.05, 3.63) is 48.0 Å². The van der Waals surface area contributed by atoms with Crippen LogP contribution in [-0.2, 0) is 6.54 Å². The minimum Gasteiger partial charge on any atom is -0.508 e. The zero-order chi connectivity index (χ0) is 14.1. The van der Waals surface area contributed by atoms with E-state index in [1.807, 2.05) is 37.3 Å². The van der Waals surface area contributed by atoms with Gasteiger partial charge in [-0.1, -0.05) is 31.2 Å². The van der Waals surface area contributed by atoms with Crippen LogP contribution >= 0.6 is 0 Å².